The molecule has 1 saturated carbocycles. The molecule has 2 heterocycles. The van der Waals surface area contributed by atoms with Crippen molar-refractivity contribution in [2.24, 2.45) is 0 Å². The first-order valence-corrected chi connectivity index (χ1v) is 6.98. The summed E-state index contributed by atoms with van der Waals surface area (Å²) in [5, 5.41) is 3.63. The Balaban J connectivity index is 1.76. The molecule has 0 radical (unpaired) electrons. The molecule has 1 aliphatic rings. The second-order valence-electron chi connectivity index (χ2n) is 5.27. The van der Waals surface area contributed by atoms with E-state index < -0.39 is 0 Å². The third-order valence-electron chi connectivity index (χ3n) is 4.12. The topological polar surface area (TPSA) is 38.6 Å². The number of aromatic nitrogens is 2. The van der Waals surface area contributed by atoms with Crippen LogP contribution in [0.1, 0.15) is 30.7 Å². The largest absolute Gasteiger partial charge is 0.380 e. The molecule has 2 aromatic heterocycles. The molecule has 0 saturated heterocycles. The SMILES string of the molecule is COC1CCCC1NCc1c(C)nc2ccccn12. The van der Waals surface area contributed by atoms with Gasteiger partial charge in [-0.15, -0.1) is 0 Å². The van der Waals surface area contributed by atoms with Crippen LogP contribution >= 0.6 is 0 Å². The van der Waals surface area contributed by atoms with E-state index in [1.807, 2.05) is 25.3 Å². The number of methoxy groups -OCH3 is 1. The molecular formula is C15H21N3O. The van der Waals surface area contributed by atoms with Crippen LogP contribution < -0.4 is 5.32 Å². The lowest BCUT2D eigenvalue weighted by Crippen LogP contribution is -2.36. The summed E-state index contributed by atoms with van der Waals surface area (Å²) in [5.74, 6) is 0. The summed E-state index contributed by atoms with van der Waals surface area (Å²) >= 11 is 0. The third-order valence-corrected chi connectivity index (χ3v) is 4.12. The lowest BCUT2D eigenvalue weighted by Gasteiger charge is -2.19. The normalized spacial score (nSPS) is 23.3. The van der Waals surface area contributed by atoms with Crippen LogP contribution in [0, 0.1) is 6.92 Å². The van der Waals surface area contributed by atoms with Gasteiger partial charge in [0.05, 0.1) is 17.5 Å². The molecule has 1 aliphatic carbocycles. The predicted octanol–water partition coefficient (Wildman–Crippen LogP) is 2.30. The van der Waals surface area contributed by atoms with Crippen molar-refractivity contribution in [3.8, 4) is 0 Å². The fraction of sp³-hybridized carbons (Fsp3) is 0.533. The van der Waals surface area contributed by atoms with E-state index in [4.69, 9.17) is 4.74 Å². The second kappa shape index (κ2) is 5.31. The van der Waals surface area contributed by atoms with Crippen LogP contribution in [0.15, 0.2) is 24.4 Å². The van der Waals surface area contributed by atoms with Gasteiger partial charge >= 0.3 is 0 Å². The van der Waals surface area contributed by atoms with Crippen LogP contribution in [0.5, 0.6) is 0 Å². The van der Waals surface area contributed by atoms with Gasteiger partial charge in [0, 0.05) is 25.9 Å². The van der Waals surface area contributed by atoms with Gasteiger partial charge in [-0.2, -0.15) is 0 Å². The van der Waals surface area contributed by atoms with Crippen LogP contribution in [0.3, 0.4) is 0 Å². The number of ether oxygens (including phenoxy) is 1. The molecule has 4 heteroatoms. The van der Waals surface area contributed by atoms with Gasteiger partial charge in [-0.3, -0.25) is 0 Å². The molecule has 1 N–H and O–H groups in total. The summed E-state index contributed by atoms with van der Waals surface area (Å²) in [4.78, 5) is 4.59. The molecule has 0 spiro atoms. The van der Waals surface area contributed by atoms with E-state index in [9.17, 15) is 0 Å². The molecule has 0 aromatic carbocycles. The maximum Gasteiger partial charge on any atom is 0.137 e. The quantitative estimate of drug-likeness (QED) is 0.915. The minimum atomic E-state index is 0.361. The molecule has 102 valence electrons. The van der Waals surface area contributed by atoms with E-state index in [0.29, 0.717) is 12.1 Å². The fourth-order valence-corrected chi connectivity index (χ4v) is 3.05. The zero-order chi connectivity index (χ0) is 13.2. The van der Waals surface area contributed by atoms with Crippen molar-refractivity contribution in [2.45, 2.75) is 44.9 Å². The molecule has 0 bridgehead atoms. The Kier molecular flexibility index (Phi) is 3.53. The highest BCUT2D eigenvalue weighted by atomic mass is 16.5. The van der Waals surface area contributed by atoms with Gasteiger partial charge < -0.3 is 14.5 Å². The Morgan fingerprint density at radius 2 is 2.32 bits per heavy atom. The van der Waals surface area contributed by atoms with Gasteiger partial charge in [0.1, 0.15) is 5.65 Å². The van der Waals surface area contributed by atoms with Crippen molar-refractivity contribution in [1.82, 2.24) is 14.7 Å². The first kappa shape index (κ1) is 12.6. The molecule has 2 atom stereocenters. The van der Waals surface area contributed by atoms with E-state index in [2.05, 4.69) is 27.8 Å². The number of hydrogen-bond acceptors (Lipinski definition) is 3. The van der Waals surface area contributed by atoms with Crippen LogP contribution in [0.4, 0.5) is 0 Å². The maximum atomic E-state index is 5.53. The summed E-state index contributed by atoms with van der Waals surface area (Å²) in [6.07, 6.45) is 6.06. The monoisotopic (exact) mass is 259 g/mol. The van der Waals surface area contributed by atoms with Crippen molar-refractivity contribution < 1.29 is 4.74 Å². The zero-order valence-electron chi connectivity index (χ0n) is 11.6. The van der Waals surface area contributed by atoms with Crippen LogP contribution in [0.25, 0.3) is 5.65 Å². The van der Waals surface area contributed by atoms with E-state index in [0.717, 1.165) is 17.9 Å². The highest BCUT2D eigenvalue weighted by Crippen LogP contribution is 2.22. The van der Waals surface area contributed by atoms with Crippen molar-refractivity contribution in [3.63, 3.8) is 0 Å². The van der Waals surface area contributed by atoms with E-state index >= 15 is 0 Å². The summed E-state index contributed by atoms with van der Waals surface area (Å²) in [6.45, 7) is 2.92. The molecule has 2 aromatic rings. The first-order chi connectivity index (χ1) is 9.29. The number of rotatable bonds is 4. The van der Waals surface area contributed by atoms with Crippen molar-refractivity contribution in [2.75, 3.05) is 7.11 Å². The maximum absolute atomic E-state index is 5.53. The number of pyridine rings is 1. The minimum Gasteiger partial charge on any atom is -0.380 e. The van der Waals surface area contributed by atoms with Crippen molar-refractivity contribution in [3.05, 3.63) is 35.8 Å². The summed E-state index contributed by atoms with van der Waals surface area (Å²) in [5.41, 5.74) is 3.37. The number of imidazole rings is 1. The molecule has 19 heavy (non-hydrogen) atoms. The van der Waals surface area contributed by atoms with E-state index in [1.165, 1.54) is 25.0 Å². The lowest BCUT2D eigenvalue weighted by molar-refractivity contribution is 0.0846. The van der Waals surface area contributed by atoms with E-state index in [-0.39, 0.29) is 0 Å². The van der Waals surface area contributed by atoms with Gasteiger partial charge in [0.25, 0.3) is 0 Å². The van der Waals surface area contributed by atoms with E-state index in [1.54, 1.807) is 0 Å². The Morgan fingerprint density at radius 3 is 3.16 bits per heavy atom. The second-order valence-corrected chi connectivity index (χ2v) is 5.27. The number of aryl methyl sites for hydroxylation is 1. The Labute approximate surface area is 113 Å². The molecule has 2 unspecified atom stereocenters. The summed E-state index contributed by atoms with van der Waals surface area (Å²) < 4.78 is 7.69. The molecular weight excluding hydrogens is 238 g/mol. The van der Waals surface area contributed by atoms with Crippen molar-refractivity contribution >= 4 is 5.65 Å². The van der Waals surface area contributed by atoms with Crippen molar-refractivity contribution in [1.29, 1.82) is 0 Å². The average molecular weight is 259 g/mol. The molecule has 0 aliphatic heterocycles. The predicted molar refractivity (Wildman–Crippen MR) is 75.2 cm³/mol. The molecule has 0 amide bonds. The number of hydrogen-bond donors (Lipinski definition) is 1. The standard InChI is InChI=1S/C15H21N3O/c1-11-13(18-9-4-3-8-15(18)17-11)10-16-12-6-5-7-14(12)19-2/h3-4,8-9,12,14,16H,5-7,10H2,1-2H3. The lowest BCUT2D eigenvalue weighted by atomic mass is 10.2. The van der Waals surface area contributed by atoms with Crippen LogP contribution in [-0.2, 0) is 11.3 Å². The Hall–Kier alpha value is -1.39. The number of nitrogens with zero attached hydrogens (tertiary/aromatic N) is 2. The van der Waals surface area contributed by atoms with Gasteiger partial charge in [0.15, 0.2) is 0 Å². The molecule has 3 rings (SSSR count). The minimum absolute atomic E-state index is 0.361. The molecule has 1 fully saturated rings. The highest BCUT2D eigenvalue weighted by Gasteiger charge is 2.26. The van der Waals surface area contributed by atoms with Gasteiger partial charge in [0.2, 0.25) is 0 Å². The number of fused-ring (bicyclic) bond motifs is 1. The molecule has 4 nitrogen and oxygen atoms in total. The zero-order valence-corrected chi connectivity index (χ0v) is 11.6. The number of nitrogens with one attached hydrogen (secondary N) is 1. The average Bonchev–Trinajstić information content (AvgIpc) is 2.99. The Bertz CT molecular complexity index is 564. The van der Waals surface area contributed by atoms with Crippen LogP contribution in [-0.4, -0.2) is 28.6 Å². The smallest absolute Gasteiger partial charge is 0.137 e. The van der Waals surface area contributed by atoms with Crippen LogP contribution in [0.2, 0.25) is 0 Å². The summed E-state index contributed by atoms with van der Waals surface area (Å²) in [6, 6.07) is 6.59. The fourth-order valence-electron chi connectivity index (χ4n) is 3.05. The summed E-state index contributed by atoms with van der Waals surface area (Å²) in [7, 11) is 1.81. The third kappa shape index (κ3) is 2.38. The first-order valence-electron chi connectivity index (χ1n) is 6.98. The van der Waals surface area contributed by atoms with Gasteiger partial charge in [-0.25, -0.2) is 4.98 Å². The van der Waals surface area contributed by atoms with Gasteiger partial charge in [-0.05, 0) is 38.3 Å². The highest BCUT2D eigenvalue weighted by molar-refractivity contribution is 5.42. The Morgan fingerprint density at radius 1 is 1.42 bits per heavy atom. The van der Waals surface area contributed by atoms with Gasteiger partial charge in [-0.1, -0.05) is 6.07 Å².